The molecule has 0 spiro atoms. The second-order valence-electron chi connectivity index (χ2n) is 6.89. The number of hydrogen-bond acceptors (Lipinski definition) is 4. The molecule has 4 nitrogen and oxygen atoms in total. The summed E-state index contributed by atoms with van der Waals surface area (Å²) in [5, 5.41) is 3.07. The summed E-state index contributed by atoms with van der Waals surface area (Å²) in [5.74, 6) is 0. The molecule has 28 heavy (non-hydrogen) atoms. The maximum atomic E-state index is 11.3. The average Bonchev–Trinajstić information content (AvgIpc) is 3.17. The van der Waals surface area contributed by atoms with Crippen LogP contribution in [0.4, 0.5) is 5.69 Å². The molecule has 0 amide bonds. The predicted molar refractivity (Wildman–Crippen MR) is 118 cm³/mol. The molecule has 144 valence electrons. The topological polar surface area (TPSA) is 45.6 Å². The Bertz CT molecular complexity index is 1010. The molecule has 0 bridgehead atoms. The lowest BCUT2D eigenvalue weighted by atomic mass is 10.0. The van der Waals surface area contributed by atoms with Gasteiger partial charge >= 0.3 is 0 Å². The first-order valence-electron chi connectivity index (χ1n) is 9.35. The molecule has 0 N–H and O–H groups in total. The van der Waals surface area contributed by atoms with Crippen LogP contribution in [0.25, 0.3) is 11.3 Å². The third kappa shape index (κ3) is 4.54. The molecule has 0 aliphatic carbocycles. The first kappa shape index (κ1) is 20.0. The summed E-state index contributed by atoms with van der Waals surface area (Å²) in [6, 6.07) is 11.9. The molecule has 2 aromatic carbocycles. The smallest absolute Gasteiger partial charge is 0.150 e. The van der Waals surface area contributed by atoms with Crippen LogP contribution in [0.3, 0.4) is 0 Å². The van der Waals surface area contributed by atoms with Crippen molar-refractivity contribution in [2.45, 2.75) is 27.2 Å². The van der Waals surface area contributed by atoms with Gasteiger partial charge in [0, 0.05) is 36.5 Å². The third-order valence-electron chi connectivity index (χ3n) is 4.80. The van der Waals surface area contributed by atoms with Crippen molar-refractivity contribution in [3.05, 3.63) is 69.0 Å². The van der Waals surface area contributed by atoms with E-state index < -0.39 is 0 Å². The number of carbonyl (C=O) groups is 1. The Morgan fingerprint density at radius 2 is 1.96 bits per heavy atom. The van der Waals surface area contributed by atoms with Gasteiger partial charge in [0.25, 0.3) is 0 Å². The molecule has 5 heteroatoms. The number of hydrogen-bond donors (Lipinski definition) is 0. The maximum Gasteiger partial charge on any atom is 0.150 e. The van der Waals surface area contributed by atoms with E-state index in [9.17, 15) is 4.79 Å². The molecule has 0 unspecified atom stereocenters. The number of aldehydes is 1. The van der Waals surface area contributed by atoms with Gasteiger partial charge in [0.2, 0.25) is 0 Å². The minimum atomic E-state index is 0.672. The van der Waals surface area contributed by atoms with E-state index in [1.54, 1.807) is 11.3 Å². The van der Waals surface area contributed by atoms with E-state index in [4.69, 9.17) is 4.98 Å². The van der Waals surface area contributed by atoms with E-state index >= 15 is 0 Å². The van der Waals surface area contributed by atoms with Crippen molar-refractivity contribution in [1.82, 2.24) is 9.88 Å². The van der Waals surface area contributed by atoms with E-state index in [0.717, 1.165) is 46.8 Å². The van der Waals surface area contributed by atoms with E-state index in [1.165, 1.54) is 11.1 Å². The molecule has 0 aliphatic heterocycles. The van der Waals surface area contributed by atoms with Gasteiger partial charge in [0.05, 0.1) is 22.7 Å². The lowest BCUT2D eigenvalue weighted by molar-refractivity contribution is 0.112. The Balaban J connectivity index is 1.83. The molecule has 1 heterocycles. The van der Waals surface area contributed by atoms with Gasteiger partial charge in [0.15, 0.2) is 6.29 Å². The van der Waals surface area contributed by atoms with Crippen molar-refractivity contribution in [2.24, 2.45) is 4.99 Å². The molecule has 0 atom stereocenters. The van der Waals surface area contributed by atoms with Crippen LogP contribution in [-0.2, 0) is 6.42 Å². The molecule has 3 aromatic rings. The van der Waals surface area contributed by atoms with Crippen molar-refractivity contribution < 1.29 is 4.79 Å². The Labute approximate surface area is 170 Å². The Morgan fingerprint density at radius 1 is 1.18 bits per heavy atom. The summed E-state index contributed by atoms with van der Waals surface area (Å²) in [5.41, 5.74) is 7.04. The minimum absolute atomic E-state index is 0.672. The number of thiazole rings is 1. The fourth-order valence-electron chi connectivity index (χ4n) is 2.94. The van der Waals surface area contributed by atoms with E-state index in [2.05, 4.69) is 42.8 Å². The third-order valence-corrected chi connectivity index (χ3v) is 5.65. The first-order valence-corrected chi connectivity index (χ1v) is 10.2. The maximum absolute atomic E-state index is 11.3. The molecule has 0 radical (unpaired) electrons. The van der Waals surface area contributed by atoms with Crippen molar-refractivity contribution in [1.29, 1.82) is 0 Å². The largest absolute Gasteiger partial charge is 0.366 e. The number of aliphatic imine (C=N–C) groups is 1. The highest BCUT2D eigenvalue weighted by Gasteiger charge is 2.11. The van der Waals surface area contributed by atoms with Crippen LogP contribution in [0.1, 0.15) is 39.0 Å². The molecule has 0 saturated heterocycles. The fourth-order valence-corrected chi connectivity index (χ4v) is 3.76. The van der Waals surface area contributed by atoms with E-state index in [1.807, 2.05) is 43.0 Å². The zero-order valence-corrected chi connectivity index (χ0v) is 17.6. The minimum Gasteiger partial charge on any atom is -0.366 e. The summed E-state index contributed by atoms with van der Waals surface area (Å²) in [6.07, 6.45) is 3.54. The Morgan fingerprint density at radius 3 is 2.71 bits per heavy atom. The SMILES string of the molecule is CCN(C)C=Nc1cc(C)c(Cc2nc(-c3ccccc3C=O)cs2)cc1C. The van der Waals surface area contributed by atoms with Gasteiger partial charge in [-0.25, -0.2) is 9.98 Å². The van der Waals surface area contributed by atoms with Gasteiger partial charge in [-0.3, -0.25) is 4.79 Å². The summed E-state index contributed by atoms with van der Waals surface area (Å²) in [4.78, 5) is 22.7. The summed E-state index contributed by atoms with van der Waals surface area (Å²) in [6.45, 7) is 7.24. The van der Waals surface area contributed by atoms with Gasteiger partial charge in [0.1, 0.15) is 0 Å². The molecular weight excluding hydrogens is 366 g/mol. The normalized spacial score (nSPS) is 11.1. The highest BCUT2D eigenvalue weighted by molar-refractivity contribution is 7.10. The molecule has 0 saturated carbocycles. The number of benzene rings is 2. The average molecular weight is 392 g/mol. The summed E-state index contributed by atoms with van der Waals surface area (Å²) >= 11 is 1.63. The molecule has 0 fully saturated rings. The van der Waals surface area contributed by atoms with Gasteiger partial charge in [-0.05, 0) is 43.5 Å². The van der Waals surface area contributed by atoms with Crippen molar-refractivity contribution in [3.63, 3.8) is 0 Å². The van der Waals surface area contributed by atoms with Gasteiger partial charge in [-0.15, -0.1) is 11.3 Å². The van der Waals surface area contributed by atoms with Gasteiger partial charge in [-0.2, -0.15) is 0 Å². The van der Waals surface area contributed by atoms with Crippen LogP contribution >= 0.6 is 11.3 Å². The van der Waals surface area contributed by atoms with Crippen molar-refractivity contribution in [3.8, 4) is 11.3 Å². The standard InChI is InChI=1S/C23H25N3OS/c1-5-26(4)15-24-21-11-16(2)19(10-17(21)3)12-23-25-22(14-28-23)20-9-7-6-8-18(20)13-27/h6-11,13-15H,5,12H2,1-4H3. The predicted octanol–water partition coefficient (Wildman–Crippen LogP) is 5.44. The highest BCUT2D eigenvalue weighted by atomic mass is 32.1. The fraction of sp³-hybridized carbons (Fsp3) is 0.261. The summed E-state index contributed by atoms with van der Waals surface area (Å²) < 4.78 is 0. The van der Waals surface area contributed by atoms with Crippen LogP contribution in [0.15, 0.2) is 46.8 Å². The molecule has 1 aromatic heterocycles. The molecule has 0 aliphatic rings. The number of rotatable bonds is 7. The molecule has 3 rings (SSSR count). The zero-order valence-electron chi connectivity index (χ0n) is 16.8. The van der Waals surface area contributed by atoms with Crippen molar-refractivity contribution in [2.75, 3.05) is 13.6 Å². The van der Waals surface area contributed by atoms with Crippen LogP contribution in [0.2, 0.25) is 0 Å². The van der Waals surface area contributed by atoms with E-state index in [-0.39, 0.29) is 0 Å². The van der Waals surface area contributed by atoms with Gasteiger partial charge in [-0.1, -0.05) is 30.3 Å². The summed E-state index contributed by atoms with van der Waals surface area (Å²) in [7, 11) is 2.02. The van der Waals surface area contributed by atoms with Gasteiger partial charge < -0.3 is 4.90 Å². The van der Waals surface area contributed by atoms with Crippen LogP contribution in [0.5, 0.6) is 0 Å². The Kier molecular flexibility index (Phi) is 6.37. The quantitative estimate of drug-likeness (QED) is 0.306. The second kappa shape index (κ2) is 8.93. The number of aryl methyl sites for hydroxylation is 2. The lowest BCUT2D eigenvalue weighted by Crippen LogP contribution is -2.14. The van der Waals surface area contributed by atoms with Crippen LogP contribution in [0, 0.1) is 13.8 Å². The van der Waals surface area contributed by atoms with Crippen molar-refractivity contribution >= 4 is 29.6 Å². The second-order valence-corrected chi connectivity index (χ2v) is 7.83. The zero-order chi connectivity index (χ0) is 20.1. The van der Waals surface area contributed by atoms with E-state index in [0.29, 0.717) is 5.56 Å². The van der Waals surface area contributed by atoms with Crippen LogP contribution in [-0.4, -0.2) is 36.1 Å². The first-order chi connectivity index (χ1) is 13.5. The number of carbonyl (C=O) groups excluding carboxylic acids is 1. The highest BCUT2D eigenvalue weighted by Crippen LogP contribution is 2.28. The number of nitrogens with zero attached hydrogens (tertiary/aromatic N) is 3. The monoisotopic (exact) mass is 391 g/mol. The van der Waals surface area contributed by atoms with Crippen LogP contribution < -0.4 is 0 Å². The lowest BCUT2D eigenvalue weighted by Gasteiger charge is -2.11. The molecular formula is C23H25N3OS. The number of aromatic nitrogens is 1. The Hall–Kier alpha value is -2.79.